The second-order valence-corrected chi connectivity index (χ2v) is 5.86. The molecule has 4 N–H and O–H groups in total. The van der Waals surface area contributed by atoms with Crippen LogP contribution in [0.3, 0.4) is 0 Å². The predicted octanol–water partition coefficient (Wildman–Crippen LogP) is 2.77. The van der Waals surface area contributed by atoms with Crippen molar-refractivity contribution < 1.29 is 14.4 Å². The molecule has 9 nitrogen and oxygen atoms in total. The number of benzene rings is 2. The monoisotopic (exact) mass is 378 g/mol. The molecule has 2 aliphatic rings. The Morgan fingerprint density at radius 3 is 2.71 bits per heavy atom. The normalized spacial score (nSPS) is 14.1. The molecule has 9 heteroatoms. The first-order chi connectivity index (χ1) is 13.7. The van der Waals surface area contributed by atoms with Gasteiger partial charge in [-0.2, -0.15) is 5.06 Å². The van der Waals surface area contributed by atoms with Gasteiger partial charge in [-0.25, -0.2) is 9.79 Å². The van der Waals surface area contributed by atoms with E-state index in [9.17, 15) is 4.79 Å². The Morgan fingerprint density at radius 1 is 1.07 bits per heavy atom. The third-order valence-corrected chi connectivity index (χ3v) is 3.95. The highest BCUT2D eigenvalue weighted by atomic mass is 16.7. The zero-order valence-corrected chi connectivity index (χ0v) is 15.0. The number of hydrogen-bond donors (Lipinski definition) is 4. The van der Waals surface area contributed by atoms with Gasteiger partial charge in [0, 0.05) is 23.6 Å². The van der Waals surface area contributed by atoms with Gasteiger partial charge in [-0.15, -0.1) is 0 Å². The summed E-state index contributed by atoms with van der Waals surface area (Å²) in [5.41, 5.74) is 8.74. The Labute approximate surface area is 161 Å². The zero-order chi connectivity index (χ0) is 19.3. The molecule has 0 atom stereocenters. The van der Waals surface area contributed by atoms with E-state index in [2.05, 4.69) is 26.5 Å². The Bertz CT molecular complexity index is 968. The van der Waals surface area contributed by atoms with Gasteiger partial charge in [0.15, 0.2) is 5.75 Å². The molecule has 28 heavy (non-hydrogen) atoms. The van der Waals surface area contributed by atoms with Crippen molar-refractivity contribution in [1.29, 1.82) is 0 Å². The first kappa shape index (κ1) is 17.3. The number of ether oxygens (including phenoxy) is 1. The molecule has 2 aromatic carbocycles. The number of rotatable bonds is 5. The SMILES string of the molecule is COc1cccc(NC(=O)Nc2ccc(ON3C=NC=C4NNC=C43)cc2)c1. The maximum atomic E-state index is 12.2. The molecule has 0 fully saturated rings. The fourth-order valence-electron chi connectivity index (χ4n) is 2.62. The summed E-state index contributed by atoms with van der Waals surface area (Å²) < 4.78 is 5.14. The van der Waals surface area contributed by atoms with Crippen LogP contribution in [0.4, 0.5) is 16.2 Å². The number of amides is 2. The van der Waals surface area contributed by atoms with Gasteiger partial charge in [0.1, 0.15) is 23.5 Å². The Balaban J connectivity index is 1.35. The molecule has 0 spiro atoms. The van der Waals surface area contributed by atoms with Crippen LogP contribution in [0.1, 0.15) is 0 Å². The van der Waals surface area contributed by atoms with Crippen LogP contribution in [0, 0.1) is 0 Å². The number of nitrogens with zero attached hydrogens (tertiary/aromatic N) is 2. The lowest BCUT2D eigenvalue weighted by atomic mass is 10.3. The lowest BCUT2D eigenvalue weighted by Gasteiger charge is -2.22. The quantitative estimate of drug-likeness (QED) is 0.639. The molecule has 2 amide bonds. The maximum absolute atomic E-state index is 12.2. The van der Waals surface area contributed by atoms with Gasteiger partial charge in [0.25, 0.3) is 0 Å². The Hall–Kier alpha value is -4.14. The molecule has 0 aliphatic carbocycles. The van der Waals surface area contributed by atoms with E-state index >= 15 is 0 Å². The summed E-state index contributed by atoms with van der Waals surface area (Å²) in [5, 5.41) is 7.07. The van der Waals surface area contributed by atoms with Gasteiger partial charge in [0.05, 0.1) is 13.3 Å². The molecule has 0 aromatic heterocycles. The van der Waals surface area contributed by atoms with Crippen LogP contribution in [-0.2, 0) is 0 Å². The molecule has 0 unspecified atom stereocenters. The van der Waals surface area contributed by atoms with Crippen molar-refractivity contribution in [1.82, 2.24) is 15.9 Å². The summed E-state index contributed by atoms with van der Waals surface area (Å²) in [7, 11) is 1.58. The highest BCUT2D eigenvalue weighted by Crippen LogP contribution is 2.23. The second kappa shape index (κ2) is 7.62. The van der Waals surface area contributed by atoms with E-state index in [4.69, 9.17) is 9.57 Å². The zero-order valence-electron chi connectivity index (χ0n) is 15.0. The lowest BCUT2D eigenvalue weighted by Crippen LogP contribution is -2.29. The van der Waals surface area contributed by atoms with Crippen molar-refractivity contribution >= 4 is 23.7 Å². The van der Waals surface area contributed by atoms with Crippen LogP contribution >= 0.6 is 0 Å². The highest BCUT2D eigenvalue weighted by molar-refractivity contribution is 5.99. The number of anilines is 2. The molecule has 142 valence electrons. The van der Waals surface area contributed by atoms with Crippen molar-refractivity contribution in [2.75, 3.05) is 17.7 Å². The molecule has 0 bridgehead atoms. The number of carbonyl (C=O) groups is 1. The van der Waals surface area contributed by atoms with Crippen molar-refractivity contribution in [3.63, 3.8) is 0 Å². The summed E-state index contributed by atoms with van der Waals surface area (Å²) in [4.78, 5) is 22.1. The van der Waals surface area contributed by atoms with E-state index in [1.165, 1.54) is 0 Å². The molecule has 2 heterocycles. The average Bonchev–Trinajstić information content (AvgIpc) is 3.19. The van der Waals surface area contributed by atoms with Gasteiger partial charge in [-0.3, -0.25) is 5.43 Å². The minimum atomic E-state index is -0.354. The van der Waals surface area contributed by atoms with Crippen LogP contribution in [0.5, 0.6) is 11.5 Å². The topological polar surface area (TPSA) is 99.2 Å². The van der Waals surface area contributed by atoms with Gasteiger partial charge in [-0.1, -0.05) is 6.07 Å². The Kier molecular flexibility index (Phi) is 4.70. The fourth-order valence-corrected chi connectivity index (χ4v) is 2.62. The van der Waals surface area contributed by atoms with Crippen molar-refractivity contribution in [3.8, 4) is 11.5 Å². The second-order valence-electron chi connectivity index (χ2n) is 5.86. The smallest absolute Gasteiger partial charge is 0.323 e. The third-order valence-electron chi connectivity index (χ3n) is 3.95. The first-order valence-electron chi connectivity index (χ1n) is 8.46. The number of methoxy groups -OCH3 is 1. The van der Waals surface area contributed by atoms with Crippen LogP contribution in [-0.4, -0.2) is 24.5 Å². The van der Waals surface area contributed by atoms with Gasteiger partial charge in [-0.05, 0) is 36.4 Å². The average molecular weight is 378 g/mol. The molecular formula is C19H18N6O3. The summed E-state index contributed by atoms with van der Waals surface area (Å²) in [6, 6.07) is 13.8. The molecule has 0 radical (unpaired) electrons. The summed E-state index contributed by atoms with van der Waals surface area (Å²) in [6.45, 7) is 0. The van der Waals surface area contributed by atoms with Gasteiger partial charge >= 0.3 is 6.03 Å². The molecule has 4 rings (SSSR count). The molecule has 0 saturated carbocycles. The largest absolute Gasteiger partial charge is 0.497 e. The van der Waals surface area contributed by atoms with Gasteiger partial charge < -0.3 is 25.6 Å². The molecule has 2 aliphatic heterocycles. The standard InChI is InChI=1S/C19H18N6O3/c1-27-16-4-2-3-14(9-16)23-19(26)22-13-5-7-15(8-6-13)28-25-12-20-10-17-18(25)11-21-24-17/h2-12,21,24H,1H3,(H2,22,23,26). The fraction of sp³-hybridized carbons (Fsp3) is 0.0526. The van der Waals surface area contributed by atoms with E-state index in [1.54, 1.807) is 79.4 Å². The predicted molar refractivity (Wildman–Crippen MR) is 105 cm³/mol. The Morgan fingerprint density at radius 2 is 1.89 bits per heavy atom. The lowest BCUT2D eigenvalue weighted by molar-refractivity contribution is 0.0646. The molecular weight excluding hydrogens is 360 g/mol. The maximum Gasteiger partial charge on any atom is 0.323 e. The third kappa shape index (κ3) is 3.83. The number of hydroxylamine groups is 2. The van der Waals surface area contributed by atoms with E-state index in [1.807, 2.05) is 0 Å². The minimum Gasteiger partial charge on any atom is -0.497 e. The van der Waals surface area contributed by atoms with Crippen LogP contribution in [0.2, 0.25) is 0 Å². The molecule has 2 aromatic rings. The number of hydrazine groups is 1. The number of hydrogen-bond acceptors (Lipinski definition) is 7. The van der Waals surface area contributed by atoms with Crippen LogP contribution in [0.15, 0.2) is 77.3 Å². The summed E-state index contributed by atoms with van der Waals surface area (Å²) in [6.07, 6.45) is 5.03. The summed E-state index contributed by atoms with van der Waals surface area (Å²) >= 11 is 0. The number of carbonyl (C=O) groups excluding carboxylic acids is 1. The first-order valence-corrected chi connectivity index (χ1v) is 8.46. The van der Waals surface area contributed by atoms with Gasteiger partial charge in [0.2, 0.25) is 0 Å². The van der Waals surface area contributed by atoms with E-state index < -0.39 is 0 Å². The summed E-state index contributed by atoms with van der Waals surface area (Å²) in [5.74, 6) is 1.26. The number of urea groups is 1. The number of nitrogens with one attached hydrogen (secondary N) is 4. The van der Waals surface area contributed by atoms with Crippen LogP contribution < -0.4 is 31.1 Å². The van der Waals surface area contributed by atoms with Crippen LogP contribution in [0.25, 0.3) is 0 Å². The minimum absolute atomic E-state index is 0.354. The van der Waals surface area contributed by atoms with Crippen molar-refractivity contribution in [2.24, 2.45) is 4.99 Å². The van der Waals surface area contributed by atoms with E-state index in [0.29, 0.717) is 22.9 Å². The highest BCUT2D eigenvalue weighted by Gasteiger charge is 2.21. The van der Waals surface area contributed by atoms with E-state index in [-0.39, 0.29) is 6.03 Å². The number of fused-ring (bicyclic) bond motifs is 1. The van der Waals surface area contributed by atoms with Crippen molar-refractivity contribution in [3.05, 3.63) is 72.3 Å². The van der Waals surface area contributed by atoms with Crippen molar-refractivity contribution in [2.45, 2.75) is 0 Å². The molecule has 0 saturated heterocycles. The number of aliphatic imine (C=N–C) groups is 1. The van der Waals surface area contributed by atoms with E-state index in [0.717, 1.165) is 11.4 Å².